The summed E-state index contributed by atoms with van der Waals surface area (Å²) in [5.41, 5.74) is 7.72. The van der Waals surface area contributed by atoms with Gasteiger partial charge in [-0.2, -0.15) is 0 Å². The smallest absolute Gasteiger partial charge is 0.331 e. The number of ether oxygens (including phenoxy) is 1. The minimum absolute atomic E-state index is 0.166. The standard InChI is InChI=1S/C35H33NO4/c1-4-33(37)35(39)30-13-17-32(18-14-30)36(23-29-21-25(2)20-26(3)22-29)31-15-10-28(11-16-31)24-40-34(38)19-12-27-8-6-5-7-9-27/h4-22,35,39H,1,23-24H2,2-3H3. The summed E-state index contributed by atoms with van der Waals surface area (Å²) in [5, 5.41) is 10.3. The van der Waals surface area contributed by atoms with Gasteiger partial charge in [0, 0.05) is 24.0 Å². The molecule has 0 amide bonds. The zero-order valence-electron chi connectivity index (χ0n) is 22.8. The highest BCUT2D eigenvalue weighted by Crippen LogP contribution is 2.30. The van der Waals surface area contributed by atoms with Crippen molar-refractivity contribution >= 4 is 29.2 Å². The van der Waals surface area contributed by atoms with Crippen LogP contribution in [0.2, 0.25) is 0 Å². The fourth-order valence-corrected chi connectivity index (χ4v) is 4.49. The van der Waals surface area contributed by atoms with Gasteiger partial charge in [-0.15, -0.1) is 0 Å². The molecule has 202 valence electrons. The molecule has 0 aliphatic rings. The number of rotatable bonds is 11. The van der Waals surface area contributed by atoms with E-state index in [0.717, 1.165) is 34.1 Å². The van der Waals surface area contributed by atoms with E-state index in [1.54, 1.807) is 18.2 Å². The Balaban J connectivity index is 1.52. The van der Waals surface area contributed by atoms with Gasteiger partial charge in [0.1, 0.15) is 12.7 Å². The van der Waals surface area contributed by atoms with Gasteiger partial charge in [-0.25, -0.2) is 4.79 Å². The number of aliphatic hydroxyl groups is 1. The minimum Gasteiger partial charge on any atom is -0.458 e. The summed E-state index contributed by atoms with van der Waals surface area (Å²) in [7, 11) is 0. The molecule has 0 saturated heterocycles. The lowest BCUT2D eigenvalue weighted by atomic mass is 10.0. The number of aryl methyl sites for hydroxylation is 2. The number of anilines is 2. The van der Waals surface area contributed by atoms with Crippen molar-refractivity contribution in [3.05, 3.63) is 149 Å². The van der Waals surface area contributed by atoms with Gasteiger partial charge in [-0.05, 0) is 72.5 Å². The summed E-state index contributed by atoms with van der Waals surface area (Å²) in [5.74, 6) is -0.840. The molecule has 1 atom stereocenters. The van der Waals surface area contributed by atoms with E-state index in [4.69, 9.17) is 4.74 Å². The second-order valence-electron chi connectivity index (χ2n) is 9.70. The molecule has 0 aliphatic carbocycles. The van der Waals surface area contributed by atoms with Crippen molar-refractivity contribution < 1.29 is 19.4 Å². The molecule has 0 aliphatic heterocycles. The zero-order valence-corrected chi connectivity index (χ0v) is 22.8. The maximum atomic E-state index is 12.2. The average molecular weight is 532 g/mol. The Morgan fingerprint density at radius 1 is 0.850 bits per heavy atom. The van der Waals surface area contributed by atoms with Crippen LogP contribution in [0.5, 0.6) is 0 Å². The molecule has 1 N–H and O–H groups in total. The van der Waals surface area contributed by atoms with E-state index in [1.807, 2.05) is 66.7 Å². The molecule has 0 heterocycles. The molecule has 4 aromatic carbocycles. The van der Waals surface area contributed by atoms with Gasteiger partial charge < -0.3 is 14.7 Å². The normalized spacial score (nSPS) is 11.7. The number of benzene rings is 4. The van der Waals surface area contributed by atoms with Crippen LogP contribution in [0.15, 0.2) is 116 Å². The predicted octanol–water partition coefficient (Wildman–Crippen LogP) is 7.19. The molecule has 5 heteroatoms. The molecule has 1 unspecified atom stereocenters. The summed E-state index contributed by atoms with van der Waals surface area (Å²) >= 11 is 0. The summed E-state index contributed by atoms with van der Waals surface area (Å²) in [6.07, 6.45) is 3.05. The van der Waals surface area contributed by atoms with Gasteiger partial charge >= 0.3 is 5.97 Å². The van der Waals surface area contributed by atoms with E-state index >= 15 is 0 Å². The van der Waals surface area contributed by atoms with Crippen LogP contribution in [0.3, 0.4) is 0 Å². The second-order valence-corrected chi connectivity index (χ2v) is 9.70. The summed E-state index contributed by atoms with van der Waals surface area (Å²) in [6.45, 7) is 8.41. The van der Waals surface area contributed by atoms with Crippen molar-refractivity contribution in [1.29, 1.82) is 0 Å². The Morgan fingerprint density at radius 3 is 2.05 bits per heavy atom. The Labute approximate surface area is 235 Å². The van der Waals surface area contributed by atoms with Gasteiger partial charge in [0.25, 0.3) is 0 Å². The van der Waals surface area contributed by atoms with Crippen molar-refractivity contribution in [3.8, 4) is 0 Å². The van der Waals surface area contributed by atoms with Crippen LogP contribution in [0, 0.1) is 13.8 Å². The summed E-state index contributed by atoms with van der Waals surface area (Å²) in [6, 6.07) is 31.2. The topological polar surface area (TPSA) is 66.8 Å². The lowest BCUT2D eigenvalue weighted by Gasteiger charge is -2.26. The molecule has 0 saturated carbocycles. The number of carbonyl (C=O) groups excluding carboxylic acids is 2. The van der Waals surface area contributed by atoms with E-state index in [0.29, 0.717) is 12.1 Å². The number of aliphatic hydroxyl groups excluding tert-OH is 1. The molecule has 0 radical (unpaired) electrons. The third-order valence-electron chi connectivity index (χ3n) is 6.45. The molecule has 0 spiro atoms. The van der Waals surface area contributed by atoms with Crippen LogP contribution in [0.25, 0.3) is 6.08 Å². The molecule has 0 fully saturated rings. The van der Waals surface area contributed by atoms with E-state index in [1.165, 1.54) is 17.2 Å². The van der Waals surface area contributed by atoms with Crippen LogP contribution in [0.4, 0.5) is 11.4 Å². The maximum absolute atomic E-state index is 12.2. The van der Waals surface area contributed by atoms with Crippen LogP contribution < -0.4 is 4.90 Å². The van der Waals surface area contributed by atoms with Crippen LogP contribution in [0.1, 0.15) is 39.5 Å². The van der Waals surface area contributed by atoms with Crippen molar-refractivity contribution in [2.45, 2.75) is 33.1 Å². The van der Waals surface area contributed by atoms with Gasteiger partial charge in [0.15, 0.2) is 5.78 Å². The first-order valence-corrected chi connectivity index (χ1v) is 13.1. The number of ketones is 1. The SMILES string of the molecule is C=CC(=O)C(O)c1ccc(N(Cc2cc(C)cc(C)c2)c2ccc(COC(=O)C=Cc3ccccc3)cc2)cc1. The van der Waals surface area contributed by atoms with Crippen molar-refractivity contribution in [2.75, 3.05) is 4.90 Å². The van der Waals surface area contributed by atoms with E-state index < -0.39 is 17.9 Å². The number of nitrogens with zero attached hydrogens (tertiary/aromatic N) is 1. The number of hydrogen-bond acceptors (Lipinski definition) is 5. The Morgan fingerprint density at radius 2 is 1.45 bits per heavy atom. The molecule has 5 nitrogen and oxygen atoms in total. The summed E-state index contributed by atoms with van der Waals surface area (Å²) < 4.78 is 5.42. The third-order valence-corrected chi connectivity index (χ3v) is 6.45. The quantitative estimate of drug-likeness (QED) is 0.164. The lowest BCUT2D eigenvalue weighted by Crippen LogP contribution is -2.17. The molecule has 4 aromatic rings. The zero-order chi connectivity index (χ0) is 28.5. The van der Waals surface area contributed by atoms with Gasteiger partial charge in [0.2, 0.25) is 0 Å². The van der Waals surface area contributed by atoms with Crippen LogP contribution >= 0.6 is 0 Å². The Hall–Kier alpha value is -4.74. The fraction of sp³-hybridized carbons (Fsp3) is 0.143. The highest BCUT2D eigenvalue weighted by atomic mass is 16.5. The highest BCUT2D eigenvalue weighted by Gasteiger charge is 2.16. The Kier molecular flexibility index (Phi) is 9.44. The van der Waals surface area contributed by atoms with Gasteiger partial charge in [0.05, 0.1) is 0 Å². The molecule has 0 bridgehead atoms. The predicted molar refractivity (Wildman–Crippen MR) is 160 cm³/mol. The van der Waals surface area contributed by atoms with E-state index in [9.17, 15) is 14.7 Å². The van der Waals surface area contributed by atoms with Crippen LogP contribution in [-0.4, -0.2) is 16.9 Å². The van der Waals surface area contributed by atoms with Crippen molar-refractivity contribution in [2.24, 2.45) is 0 Å². The van der Waals surface area contributed by atoms with Crippen LogP contribution in [-0.2, 0) is 27.5 Å². The fourth-order valence-electron chi connectivity index (χ4n) is 4.49. The second kappa shape index (κ2) is 13.4. The first-order chi connectivity index (χ1) is 19.3. The monoisotopic (exact) mass is 531 g/mol. The largest absolute Gasteiger partial charge is 0.458 e. The third kappa shape index (κ3) is 7.65. The Bertz CT molecular complexity index is 1470. The minimum atomic E-state index is -1.23. The molecular weight excluding hydrogens is 498 g/mol. The summed E-state index contributed by atoms with van der Waals surface area (Å²) in [4.78, 5) is 26.2. The maximum Gasteiger partial charge on any atom is 0.331 e. The van der Waals surface area contributed by atoms with Gasteiger partial charge in [-0.1, -0.05) is 90.5 Å². The van der Waals surface area contributed by atoms with Crippen molar-refractivity contribution in [1.82, 2.24) is 0 Å². The first-order valence-electron chi connectivity index (χ1n) is 13.1. The highest BCUT2D eigenvalue weighted by molar-refractivity contribution is 5.93. The molecular formula is C35H33NO4. The number of esters is 1. The lowest BCUT2D eigenvalue weighted by molar-refractivity contribution is -0.138. The number of hydrogen-bond donors (Lipinski definition) is 1. The number of carbonyl (C=O) groups is 2. The van der Waals surface area contributed by atoms with Gasteiger partial charge in [-0.3, -0.25) is 4.79 Å². The molecule has 4 rings (SSSR count). The first kappa shape index (κ1) is 28.3. The van der Waals surface area contributed by atoms with E-state index in [2.05, 4.69) is 43.5 Å². The molecule has 0 aromatic heterocycles. The average Bonchev–Trinajstić information content (AvgIpc) is 2.97. The van der Waals surface area contributed by atoms with E-state index in [-0.39, 0.29) is 6.61 Å². The van der Waals surface area contributed by atoms with Crippen molar-refractivity contribution in [3.63, 3.8) is 0 Å². The molecule has 40 heavy (non-hydrogen) atoms.